The van der Waals surface area contributed by atoms with Gasteiger partial charge in [-0.15, -0.1) is 16.4 Å². The minimum absolute atomic E-state index is 0.144. The number of aromatic nitrogens is 5. The van der Waals surface area contributed by atoms with E-state index in [4.69, 9.17) is 0 Å². The van der Waals surface area contributed by atoms with E-state index < -0.39 is 0 Å². The number of nitrogens with zero attached hydrogens (tertiary/aromatic N) is 4. The van der Waals surface area contributed by atoms with Crippen LogP contribution in [0.1, 0.15) is 5.82 Å². The second-order valence-corrected chi connectivity index (χ2v) is 6.09. The summed E-state index contributed by atoms with van der Waals surface area (Å²) in [6.45, 7) is 1.81. The normalized spacial score (nSPS) is 10.6. The van der Waals surface area contributed by atoms with E-state index in [1.54, 1.807) is 6.20 Å². The molecule has 0 saturated carbocycles. The van der Waals surface area contributed by atoms with Crippen LogP contribution in [0.3, 0.4) is 0 Å². The fraction of sp³-hybridized carbons (Fsp3) is 0.154. The Kier molecular flexibility index (Phi) is 4.45. The molecular formula is C13H12N6OS2. The van der Waals surface area contributed by atoms with Crippen LogP contribution in [0.15, 0.2) is 34.9 Å². The van der Waals surface area contributed by atoms with Crippen molar-refractivity contribution in [3.8, 4) is 11.4 Å². The molecule has 0 aromatic carbocycles. The fourth-order valence-electron chi connectivity index (χ4n) is 1.64. The smallest absolute Gasteiger partial charge is 0.236 e. The molecule has 0 aliphatic rings. The van der Waals surface area contributed by atoms with Gasteiger partial charge in [-0.25, -0.2) is 9.97 Å². The number of pyridine rings is 1. The minimum atomic E-state index is -0.144. The summed E-state index contributed by atoms with van der Waals surface area (Å²) in [5.41, 5.74) is 1.53. The van der Waals surface area contributed by atoms with Gasteiger partial charge < -0.3 is 5.32 Å². The summed E-state index contributed by atoms with van der Waals surface area (Å²) >= 11 is 2.64. The van der Waals surface area contributed by atoms with Gasteiger partial charge in [0.2, 0.25) is 11.1 Å². The number of thiazole rings is 1. The average molecular weight is 332 g/mol. The van der Waals surface area contributed by atoms with Crippen molar-refractivity contribution in [1.29, 1.82) is 0 Å². The number of aryl methyl sites for hydroxylation is 1. The molecule has 0 atom stereocenters. The monoisotopic (exact) mass is 332 g/mol. The number of hydrogen-bond donors (Lipinski definition) is 2. The molecule has 1 amide bonds. The molecule has 0 spiro atoms. The van der Waals surface area contributed by atoms with Crippen LogP contribution < -0.4 is 5.32 Å². The summed E-state index contributed by atoms with van der Waals surface area (Å²) in [5.74, 6) is 0.813. The number of aromatic amines is 1. The summed E-state index contributed by atoms with van der Waals surface area (Å²) in [5, 5.41) is 12.4. The van der Waals surface area contributed by atoms with Crippen molar-refractivity contribution in [3.63, 3.8) is 0 Å². The van der Waals surface area contributed by atoms with Gasteiger partial charge in [-0.3, -0.25) is 14.9 Å². The summed E-state index contributed by atoms with van der Waals surface area (Å²) in [7, 11) is 0. The lowest BCUT2D eigenvalue weighted by Gasteiger charge is -1.99. The number of H-pyrrole nitrogens is 1. The average Bonchev–Trinajstić information content (AvgIpc) is 3.15. The molecular weight excluding hydrogens is 320 g/mol. The first kappa shape index (κ1) is 14.7. The summed E-state index contributed by atoms with van der Waals surface area (Å²) < 4.78 is 0. The van der Waals surface area contributed by atoms with E-state index in [0.29, 0.717) is 10.3 Å². The second-order valence-electron chi connectivity index (χ2n) is 4.29. The summed E-state index contributed by atoms with van der Waals surface area (Å²) in [4.78, 5) is 24.6. The van der Waals surface area contributed by atoms with Crippen LogP contribution in [0.4, 0.5) is 5.13 Å². The van der Waals surface area contributed by atoms with Crippen LogP contribution in [-0.2, 0) is 4.79 Å². The van der Waals surface area contributed by atoms with E-state index in [1.165, 1.54) is 23.1 Å². The van der Waals surface area contributed by atoms with Crippen LogP contribution in [0.5, 0.6) is 0 Å². The predicted molar refractivity (Wildman–Crippen MR) is 85.8 cm³/mol. The molecule has 0 aliphatic heterocycles. The number of carbonyl (C=O) groups excluding carboxylic acids is 1. The van der Waals surface area contributed by atoms with E-state index >= 15 is 0 Å². The molecule has 0 fully saturated rings. The minimum Gasteiger partial charge on any atom is -0.301 e. The van der Waals surface area contributed by atoms with Gasteiger partial charge in [0.25, 0.3) is 0 Å². The first-order valence-electron chi connectivity index (χ1n) is 6.39. The molecule has 112 valence electrons. The highest BCUT2D eigenvalue weighted by Crippen LogP contribution is 2.23. The third-order valence-electron chi connectivity index (χ3n) is 2.59. The van der Waals surface area contributed by atoms with Crippen LogP contribution >= 0.6 is 23.1 Å². The zero-order valence-electron chi connectivity index (χ0n) is 11.6. The molecule has 3 aromatic rings. The maximum atomic E-state index is 11.9. The Morgan fingerprint density at radius 1 is 1.36 bits per heavy atom. The Balaban J connectivity index is 1.57. The largest absolute Gasteiger partial charge is 0.301 e. The van der Waals surface area contributed by atoms with Crippen LogP contribution in [0.25, 0.3) is 11.4 Å². The topological polar surface area (TPSA) is 96.5 Å². The Morgan fingerprint density at radius 2 is 2.27 bits per heavy atom. The second kappa shape index (κ2) is 6.67. The Bertz CT molecular complexity index is 770. The van der Waals surface area contributed by atoms with E-state index in [2.05, 4.69) is 30.5 Å². The number of nitrogens with one attached hydrogen (secondary N) is 2. The molecule has 0 saturated heterocycles. The highest BCUT2D eigenvalue weighted by molar-refractivity contribution is 7.99. The van der Waals surface area contributed by atoms with Crippen LogP contribution in [0, 0.1) is 6.92 Å². The molecule has 7 nitrogen and oxygen atoms in total. The molecule has 2 N–H and O–H groups in total. The standard InChI is InChI=1S/C13H12N6OS2/c1-8-15-13(19-18-8)22-7-11(20)17-12-16-10(6-21-12)9-4-2-3-5-14-9/h2-6H,7H2,1H3,(H,15,18,19)(H,16,17,20). The highest BCUT2D eigenvalue weighted by Gasteiger charge is 2.10. The molecule has 0 bridgehead atoms. The third kappa shape index (κ3) is 3.68. The molecule has 3 heterocycles. The first-order valence-corrected chi connectivity index (χ1v) is 8.26. The number of rotatable bonds is 5. The predicted octanol–water partition coefficient (Wildman–Crippen LogP) is 2.36. The molecule has 22 heavy (non-hydrogen) atoms. The number of thioether (sulfide) groups is 1. The number of anilines is 1. The molecule has 9 heteroatoms. The summed E-state index contributed by atoms with van der Waals surface area (Å²) in [6, 6.07) is 5.62. The SMILES string of the molecule is Cc1nc(SCC(=O)Nc2nc(-c3ccccn3)cs2)n[nH]1. The van der Waals surface area contributed by atoms with Gasteiger partial charge in [-0.1, -0.05) is 17.8 Å². The van der Waals surface area contributed by atoms with Gasteiger partial charge in [-0.2, -0.15) is 0 Å². The Morgan fingerprint density at radius 3 is 3.00 bits per heavy atom. The van der Waals surface area contributed by atoms with Gasteiger partial charge >= 0.3 is 0 Å². The zero-order chi connectivity index (χ0) is 15.4. The van der Waals surface area contributed by atoms with Crippen molar-refractivity contribution in [3.05, 3.63) is 35.6 Å². The van der Waals surface area contributed by atoms with Gasteiger partial charge in [0, 0.05) is 11.6 Å². The number of amides is 1. The molecule has 0 unspecified atom stereocenters. The molecule has 0 radical (unpaired) electrons. The third-order valence-corrected chi connectivity index (χ3v) is 4.19. The Hall–Kier alpha value is -2.26. The van der Waals surface area contributed by atoms with Crippen molar-refractivity contribution in [2.45, 2.75) is 12.1 Å². The number of carbonyl (C=O) groups is 1. The lowest BCUT2D eigenvalue weighted by molar-refractivity contribution is -0.113. The van der Waals surface area contributed by atoms with Crippen LogP contribution in [0.2, 0.25) is 0 Å². The maximum absolute atomic E-state index is 11.9. The number of hydrogen-bond acceptors (Lipinski definition) is 7. The van der Waals surface area contributed by atoms with Gasteiger partial charge in [0.15, 0.2) is 5.13 Å². The van der Waals surface area contributed by atoms with E-state index in [0.717, 1.165) is 17.2 Å². The quantitative estimate of drug-likeness (QED) is 0.696. The van der Waals surface area contributed by atoms with Gasteiger partial charge in [0.1, 0.15) is 11.5 Å². The van der Waals surface area contributed by atoms with Gasteiger partial charge in [0.05, 0.1) is 11.4 Å². The fourth-order valence-corrected chi connectivity index (χ4v) is 3.00. The van der Waals surface area contributed by atoms with Gasteiger partial charge in [-0.05, 0) is 19.1 Å². The Labute approximate surface area is 134 Å². The maximum Gasteiger partial charge on any atom is 0.236 e. The van der Waals surface area contributed by atoms with Crippen molar-refractivity contribution < 1.29 is 4.79 Å². The van der Waals surface area contributed by atoms with Crippen molar-refractivity contribution in [1.82, 2.24) is 25.1 Å². The summed E-state index contributed by atoms with van der Waals surface area (Å²) in [6.07, 6.45) is 1.71. The van der Waals surface area contributed by atoms with E-state index in [9.17, 15) is 4.79 Å². The lowest BCUT2D eigenvalue weighted by atomic mass is 10.3. The highest BCUT2D eigenvalue weighted by atomic mass is 32.2. The van der Waals surface area contributed by atoms with Crippen molar-refractivity contribution in [2.75, 3.05) is 11.1 Å². The van der Waals surface area contributed by atoms with Crippen molar-refractivity contribution >= 4 is 34.1 Å². The van der Waals surface area contributed by atoms with Crippen molar-refractivity contribution in [2.24, 2.45) is 0 Å². The van der Waals surface area contributed by atoms with E-state index in [-0.39, 0.29) is 11.7 Å². The zero-order valence-corrected chi connectivity index (χ0v) is 13.2. The molecule has 0 aliphatic carbocycles. The lowest BCUT2D eigenvalue weighted by Crippen LogP contribution is -2.13. The first-order chi connectivity index (χ1) is 10.7. The van der Waals surface area contributed by atoms with E-state index in [1.807, 2.05) is 30.5 Å². The molecule has 3 rings (SSSR count). The van der Waals surface area contributed by atoms with Crippen LogP contribution in [-0.4, -0.2) is 36.8 Å². The molecule has 3 aromatic heterocycles.